The maximum Gasteiger partial charge on any atom is 0.119 e. The van der Waals surface area contributed by atoms with Crippen molar-refractivity contribution in [1.29, 1.82) is 0 Å². The molecule has 0 saturated carbocycles. The van der Waals surface area contributed by atoms with E-state index in [4.69, 9.17) is 9.47 Å². The van der Waals surface area contributed by atoms with Crippen molar-refractivity contribution in [2.24, 2.45) is 0 Å². The third-order valence-electron chi connectivity index (χ3n) is 2.44. The molecular weight excluding hydrogens is 218 g/mol. The standard InChI is InChI=1S/C13H21NO3/c1-14(2)7-8-17-10-13(15)11-5-4-6-12(9-11)16-3/h4-6,9,13,15H,7-8,10H2,1-3H3. The lowest BCUT2D eigenvalue weighted by molar-refractivity contribution is 0.0306. The monoisotopic (exact) mass is 239 g/mol. The second-order valence-corrected chi connectivity index (χ2v) is 4.17. The summed E-state index contributed by atoms with van der Waals surface area (Å²) >= 11 is 0. The van der Waals surface area contributed by atoms with E-state index in [2.05, 4.69) is 0 Å². The van der Waals surface area contributed by atoms with Crippen LogP contribution in [0.2, 0.25) is 0 Å². The first-order valence-corrected chi connectivity index (χ1v) is 5.68. The van der Waals surface area contributed by atoms with Crippen molar-refractivity contribution in [1.82, 2.24) is 4.90 Å². The van der Waals surface area contributed by atoms with Crippen LogP contribution in [0.25, 0.3) is 0 Å². The average Bonchev–Trinajstić information content (AvgIpc) is 2.34. The lowest BCUT2D eigenvalue weighted by Crippen LogP contribution is -2.19. The number of aliphatic hydroxyl groups excluding tert-OH is 1. The van der Waals surface area contributed by atoms with E-state index in [1.165, 1.54) is 0 Å². The van der Waals surface area contributed by atoms with Crippen LogP contribution in [-0.2, 0) is 4.74 Å². The van der Waals surface area contributed by atoms with Gasteiger partial charge in [-0.2, -0.15) is 0 Å². The molecule has 4 nitrogen and oxygen atoms in total. The Bertz CT molecular complexity index is 328. The fourth-order valence-electron chi connectivity index (χ4n) is 1.39. The third kappa shape index (κ3) is 5.17. The van der Waals surface area contributed by atoms with Crippen LogP contribution in [0, 0.1) is 0 Å². The fraction of sp³-hybridized carbons (Fsp3) is 0.538. The lowest BCUT2D eigenvalue weighted by atomic mass is 10.1. The number of rotatable bonds is 7. The minimum atomic E-state index is -0.604. The molecular formula is C13H21NO3. The van der Waals surface area contributed by atoms with Crippen molar-refractivity contribution in [3.8, 4) is 5.75 Å². The highest BCUT2D eigenvalue weighted by Gasteiger charge is 2.08. The molecule has 0 fully saturated rings. The predicted octanol–water partition coefficient (Wildman–Crippen LogP) is 1.31. The molecule has 1 N–H and O–H groups in total. The van der Waals surface area contributed by atoms with E-state index in [0.29, 0.717) is 13.2 Å². The topological polar surface area (TPSA) is 41.9 Å². The molecule has 0 aromatic heterocycles. The molecule has 0 aliphatic heterocycles. The van der Waals surface area contributed by atoms with Gasteiger partial charge in [0.2, 0.25) is 0 Å². The summed E-state index contributed by atoms with van der Waals surface area (Å²) in [6, 6.07) is 7.39. The number of hydrogen-bond acceptors (Lipinski definition) is 4. The van der Waals surface area contributed by atoms with Crippen molar-refractivity contribution in [3.63, 3.8) is 0 Å². The van der Waals surface area contributed by atoms with Gasteiger partial charge in [0.05, 0.1) is 20.3 Å². The maximum absolute atomic E-state index is 9.91. The van der Waals surface area contributed by atoms with Crippen LogP contribution < -0.4 is 4.74 Å². The Morgan fingerprint density at radius 3 is 2.76 bits per heavy atom. The molecule has 1 atom stereocenters. The summed E-state index contributed by atoms with van der Waals surface area (Å²) in [5.41, 5.74) is 0.814. The summed E-state index contributed by atoms with van der Waals surface area (Å²) in [5, 5.41) is 9.91. The average molecular weight is 239 g/mol. The summed E-state index contributed by atoms with van der Waals surface area (Å²) in [5.74, 6) is 0.745. The van der Waals surface area contributed by atoms with Gasteiger partial charge in [-0.25, -0.2) is 0 Å². The number of aliphatic hydroxyl groups is 1. The molecule has 0 bridgehead atoms. The Kier molecular flexibility index (Phi) is 5.97. The second kappa shape index (κ2) is 7.27. The van der Waals surface area contributed by atoms with Crippen molar-refractivity contribution in [3.05, 3.63) is 29.8 Å². The van der Waals surface area contributed by atoms with Crippen LogP contribution in [-0.4, -0.2) is 51.0 Å². The first-order chi connectivity index (χ1) is 8.13. The van der Waals surface area contributed by atoms with Gasteiger partial charge in [0.25, 0.3) is 0 Å². The van der Waals surface area contributed by atoms with Gasteiger partial charge in [0, 0.05) is 6.54 Å². The molecule has 0 heterocycles. The van der Waals surface area contributed by atoms with Crippen molar-refractivity contribution in [2.45, 2.75) is 6.10 Å². The van der Waals surface area contributed by atoms with Gasteiger partial charge < -0.3 is 19.5 Å². The van der Waals surface area contributed by atoms with E-state index in [1.54, 1.807) is 7.11 Å². The molecule has 1 aromatic carbocycles. The van der Waals surface area contributed by atoms with E-state index >= 15 is 0 Å². The van der Waals surface area contributed by atoms with Crippen LogP contribution in [0.4, 0.5) is 0 Å². The lowest BCUT2D eigenvalue weighted by Gasteiger charge is -2.14. The van der Waals surface area contributed by atoms with Gasteiger partial charge in [0.1, 0.15) is 11.9 Å². The Hall–Kier alpha value is -1.10. The number of nitrogens with zero attached hydrogens (tertiary/aromatic N) is 1. The summed E-state index contributed by atoms with van der Waals surface area (Å²) in [6.45, 7) is 1.78. The van der Waals surface area contributed by atoms with Gasteiger partial charge in [-0.3, -0.25) is 0 Å². The molecule has 0 spiro atoms. The quantitative estimate of drug-likeness (QED) is 0.728. The molecule has 0 saturated heterocycles. The number of ether oxygens (including phenoxy) is 2. The summed E-state index contributed by atoms with van der Waals surface area (Å²) in [6.07, 6.45) is -0.604. The van der Waals surface area contributed by atoms with Gasteiger partial charge in [-0.15, -0.1) is 0 Å². The highest BCUT2D eigenvalue weighted by atomic mass is 16.5. The van der Waals surface area contributed by atoms with E-state index < -0.39 is 6.10 Å². The van der Waals surface area contributed by atoms with Crippen molar-refractivity contribution >= 4 is 0 Å². The fourth-order valence-corrected chi connectivity index (χ4v) is 1.39. The third-order valence-corrected chi connectivity index (χ3v) is 2.44. The molecule has 0 aliphatic rings. The zero-order valence-corrected chi connectivity index (χ0v) is 10.7. The SMILES string of the molecule is COc1cccc(C(O)COCCN(C)C)c1. The van der Waals surface area contributed by atoms with Crippen LogP contribution in [0.3, 0.4) is 0 Å². The minimum Gasteiger partial charge on any atom is -0.497 e. The molecule has 1 rings (SSSR count). The number of likely N-dealkylation sites (N-methyl/N-ethyl adjacent to an activating group) is 1. The summed E-state index contributed by atoms with van der Waals surface area (Å²) in [4.78, 5) is 2.04. The van der Waals surface area contributed by atoms with Crippen LogP contribution in [0.15, 0.2) is 24.3 Å². The Balaban J connectivity index is 2.38. The summed E-state index contributed by atoms with van der Waals surface area (Å²) in [7, 11) is 5.59. The van der Waals surface area contributed by atoms with Gasteiger partial charge >= 0.3 is 0 Å². The van der Waals surface area contributed by atoms with E-state index in [1.807, 2.05) is 43.3 Å². The molecule has 4 heteroatoms. The van der Waals surface area contributed by atoms with Crippen molar-refractivity contribution < 1.29 is 14.6 Å². The normalized spacial score (nSPS) is 12.8. The van der Waals surface area contributed by atoms with E-state index in [0.717, 1.165) is 17.9 Å². The highest BCUT2D eigenvalue weighted by Crippen LogP contribution is 2.19. The highest BCUT2D eigenvalue weighted by molar-refractivity contribution is 5.29. The number of methoxy groups -OCH3 is 1. The first kappa shape index (κ1) is 14.0. The van der Waals surface area contributed by atoms with Gasteiger partial charge in [0.15, 0.2) is 0 Å². The second-order valence-electron chi connectivity index (χ2n) is 4.17. The largest absolute Gasteiger partial charge is 0.497 e. The molecule has 0 aliphatic carbocycles. The van der Waals surface area contributed by atoms with Crippen molar-refractivity contribution in [2.75, 3.05) is 41.0 Å². The van der Waals surface area contributed by atoms with E-state index in [9.17, 15) is 5.11 Å². The van der Waals surface area contributed by atoms with E-state index in [-0.39, 0.29) is 0 Å². The van der Waals surface area contributed by atoms with Crippen LogP contribution in [0.5, 0.6) is 5.75 Å². The zero-order chi connectivity index (χ0) is 12.7. The van der Waals surface area contributed by atoms with Gasteiger partial charge in [-0.05, 0) is 31.8 Å². The molecule has 0 amide bonds. The van der Waals surface area contributed by atoms with Crippen LogP contribution in [0.1, 0.15) is 11.7 Å². The zero-order valence-electron chi connectivity index (χ0n) is 10.7. The minimum absolute atomic E-state index is 0.307. The molecule has 0 radical (unpaired) electrons. The first-order valence-electron chi connectivity index (χ1n) is 5.68. The number of hydrogen-bond donors (Lipinski definition) is 1. The number of benzene rings is 1. The molecule has 1 aromatic rings. The van der Waals surface area contributed by atoms with Crippen LogP contribution >= 0.6 is 0 Å². The Morgan fingerprint density at radius 2 is 2.12 bits per heavy atom. The van der Waals surface area contributed by atoms with Gasteiger partial charge in [-0.1, -0.05) is 12.1 Å². The predicted molar refractivity (Wildman–Crippen MR) is 67.3 cm³/mol. The molecule has 17 heavy (non-hydrogen) atoms. The molecule has 96 valence electrons. The molecule has 1 unspecified atom stereocenters. The smallest absolute Gasteiger partial charge is 0.119 e. The summed E-state index contributed by atoms with van der Waals surface area (Å²) < 4.78 is 10.5. The Labute approximate surface area is 103 Å². The Morgan fingerprint density at radius 1 is 1.35 bits per heavy atom. The maximum atomic E-state index is 9.91.